The van der Waals surface area contributed by atoms with Gasteiger partial charge >= 0.3 is 0 Å². The van der Waals surface area contributed by atoms with Gasteiger partial charge in [-0.25, -0.2) is 0 Å². The molecule has 0 spiro atoms. The number of nitrogens with zero attached hydrogens (tertiary/aromatic N) is 2. The molecule has 2 saturated heterocycles. The van der Waals surface area contributed by atoms with Crippen molar-refractivity contribution in [2.45, 2.75) is 25.0 Å². The number of ether oxygens (including phenoxy) is 1. The number of benzene rings is 1. The number of furan rings is 1. The minimum absolute atomic E-state index is 0.00653. The van der Waals surface area contributed by atoms with Crippen molar-refractivity contribution in [3.63, 3.8) is 0 Å². The van der Waals surface area contributed by atoms with Crippen LogP contribution in [0.15, 0.2) is 47.1 Å². The number of nitrogens with one attached hydrogen (secondary N) is 1. The molecule has 1 N–H and O–H groups in total. The first-order valence-electron chi connectivity index (χ1n) is 9.68. The minimum Gasteiger partial charge on any atom is -0.459 e. The molecule has 7 heteroatoms. The summed E-state index contributed by atoms with van der Waals surface area (Å²) in [6, 6.07) is 10.9. The third kappa shape index (κ3) is 3.81. The smallest absolute Gasteiger partial charge is 0.293 e. The largest absolute Gasteiger partial charge is 0.459 e. The molecule has 2 fully saturated rings. The van der Waals surface area contributed by atoms with Gasteiger partial charge in [-0.3, -0.25) is 14.5 Å². The van der Waals surface area contributed by atoms with Gasteiger partial charge in [-0.2, -0.15) is 0 Å². The van der Waals surface area contributed by atoms with E-state index in [1.54, 1.807) is 43.4 Å². The van der Waals surface area contributed by atoms with Crippen molar-refractivity contribution < 1.29 is 18.7 Å². The van der Waals surface area contributed by atoms with Crippen LogP contribution in [0.2, 0.25) is 0 Å². The van der Waals surface area contributed by atoms with E-state index in [0.29, 0.717) is 23.8 Å². The zero-order valence-corrected chi connectivity index (χ0v) is 16.0. The van der Waals surface area contributed by atoms with Crippen molar-refractivity contribution in [1.82, 2.24) is 10.2 Å². The number of amides is 2. The second-order valence-corrected chi connectivity index (χ2v) is 7.31. The highest BCUT2D eigenvalue weighted by atomic mass is 16.5. The molecule has 2 amide bonds. The molecule has 2 aromatic rings. The molecule has 4 rings (SSSR count). The van der Waals surface area contributed by atoms with E-state index in [-0.39, 0.29) is 23.7 Å². The van der Waals surface area contributed by atoms with Crippen molar-refractivity contribution in [2.75, 3.05) is 38.2 Å². The zero-order valence-electron chi connectivity index (χ0n) is 16.0. The molecule has 2 aliphatic rings. The average molecular weight is 383 g/mol. The molecule has 28 heavy (non-hydrogen) atoms. The van der Waals surface area contributed by atoms with E-state index >= 15 is 0 Å². The van der Waals surface area contributed by atoms with Gasteiger partial charge in [0.1, 0.15) is 0 Å². The Labute approximate surface area is 164 Å². The summed E-state index contributed by atoms with van der Waals surface area (Å²) in [5, 5.41) is 2.97. The Bertz CT molecular complexity index is 836. The Kier molecular flexibility index (Phi) is 5.45. The van der Waals surface area contributed by atoms with E-state index in [0.717, 1.165) is 19.7 Å². The first-order chi connectivity index (χ1) is 13.6. The Morgan fingerprint density at radius 2 is 2.11 bits per heavy atom. The van der Waals surface area contributed by atoms with Gasteiger partial charge in [0, 0.05) is 26.2 Å². The van der Waals surface area contributed by atoms with E-state index in [1.165, 1.54) is 24.0 Å². The topological polar surface area (TPSA) is 75.0 Å². The van der Waals surface area contributed by atoms with Gasteiger partial charge in [0.15, 0.2) is 5.76 Å². The standard InChI is InChI=1S/C21H25N3O4/c1-23(21(26)19-9-5-11-27-19)18-8-3-2-7-17(18)20(25)22-12-16-13-24-10-4-6-15(24)14-28-16/h2-3,5,7-9,11,15-16H,4,6,10,12-14H2,1H3,(H,22,25). The van der Waals surface area contributed by atoms with Crippen LogP contribution in [0.25, 0.3) is 0 Å². The van der Waals surface area contributed by atoms with Gasteiger partial charge in [0.2, 0.25) is 0 Å². The number of para-hydroxylation sites is 1. The van der Waals surface area contributed by atoms with E-state index in [2.05, 4.69) is 10.2 Å². The maximum absolute atomic E-state index is 12.8. The molecular weight excluding hydrogens is 358 g/mol. The molecule has 0 radical (unpaired) electrons. The van der Waals surface area contributed by atoms with Gasteiger partial charge in [0.25, 0.3) is 11.8 Å². The third-order valence-corrected chi connectivity index (χ3v) is 5.50. The maximum Gasteiger partial charge on any atom is 0.293 e. The van der Waals surface area contributed by atoms with Crippen molar-refractivity contribution in [1.29, 1.82) is 0 Å². The Morgan fingerprint density at radius 3 is 2.93 bits per heavy atom. The highest BCUT2D eigenvalue weighted by Gasteiger charge is 2.32. The second-order valence-electron chi connectivity index (χ2n) is 7.31. The molecule has 2 unspecified atom stereocenters. The first kappa shape index (κ1) is 18.7. The highest BCUT2D eigenvalue weighted by molar-refractivity contribution is 6.09. The summed E-state index contributed by atoms with van der Waals surface area (Å²) in [6.07, 6.45) is 3.86. The molecule has 0 bridgehead atoms. The lowest BCUT2D eigenvalue weighted by molar-refractivity contribution is -0.0461. The van der Waals surface area contributed by atoms with Crippen LogP contribution in [0.5, 0.6) is 0 Å². The fourth-order valence-corrected chi connectivity index (χ4v) is 3.94. The van der Waals surface area contributed by atoms with Crippen LogP contribution in [0.4, 0.5) is 5.69 Å². The Morgan fingerprint density at radius 1 is 1.25 bits per heavy atom. The predicted octanol–water partition coefficient (Wildman–Crippen LogP) is 2.15. The predicted molar refractivity (Wildman–Crippen MR) is 105 cm³/mol. The van der Waals surface area contributed by atoms with Crippen LogP contribution in [-0.2, 0) is 4.74 Å². The molecule has 0 saturated carbocycles. The van der Waals surface area contributed by atoms with Crippen LogP contribution >= 0.6 is 0 Å². The molecule has 2 atom stereocenters. The first-order valence-corrected chi connectivity index (χ1v) is 9.68. The van der Waals surface area contributed by atoms with Crippen LogP contribution in [0.3, 0.4) is 0 Å². The number of morpholine rings is 1. The number of rotatable bonds is 5. The van der Waals surface area contributed by atoms with E-state index in [9.17, 15) is 9.59 Å². The summed E-state index contributed by atoms with van der Waals surface area (Å²) >= 11 is 0. The normalized spacial score (nSPS) is 21.9. The van der Waals surface area contributed by atoms with Crippen LogP contribution in [0, 0.1) is 0 Å². The number of carbonyl (C=O) groups is 2. The summed E-state index contributed by atoms with van der Waals surface area (Å²) in [7, 11) is 1.63. The van der Waals surface area contributed by atoms with Gasteiger partial charge in [0.05, 0.1) is 30.2 Å². The molecule has 1 aromatic heterocycles. The average Bonchev–Trinajstić information content (AvgIpc) is 3.42. The summed E-state index contributed by atoms with van der Waals surface area (Å²) < 4.78 is 11.1. The van der Waals surface area contributed by atoms with Gasteiger partial charge < -0.3 is 19.4 Å². The summed E-state index contributed by atoms with van der Waals surface area (Å²) in [6.45, 7) is 3.15. The summed E-state index contributed by atoms with van der Waals surface area (Å²) in [5.74, 6) is -0.295. The number of fused-ring (bicyclic) bond motifs is 1. The van der Waals surface area contributed by atoms with Crippen LogP contribution in [0.1, 0.15) is 33.8 Å². The van der Waals surface area contributed by atoms with Crippen molar-refractivity contribution in [2.24, 2.45) is 0 Å². The maximum atomic E-state index is 12.8. The number of anilines is 1. The SMILES string of the molecule is CN(C(=O)c1ccco1)c1ccccc1C(=O)NCC1CN2CCCC2CO1. The van der Waals surface area contributed by atoms with Gasteiger partial charge in [-0.15, -0.1) is 0 Å². The number of carbonyl (C=O) groups excluding carboxylic acids is 2. The molecule has 148 valence electrons. The lowest BCUT2D eigenvalue weighted by Crippen LogP contribution is -2.50. The quantitative estimate of drug-likeness (QED) is 0.856. The van der Waals surface area contributed by atoms with Crippen molar-refractivity contribution >= 4 is 17.5 Å². The lowest BCUT2D eigenvalue weighted by atomic mass is 10.1. The molecule has 7 nitrogen and oxygen atoms in total. The van der Waals surface area contributed by atoms with E-state index in [1.807, 2.05) is 0 Å². The number of hydrogen-bond donors (Lipinski definition) is 1. The van der Waals surface area contributed by atoms with Crippen molar-refractivity contribution in [3.8, 4) is 0 Å². The number of hydrogen-bond acceptors (Lipinski definition) is 5. The molecular formula is C21H25N3O4. The Hall–Kier alpha value is -2.64. The second kappa shape index (κ2) is 8.16. The molecule has 0 aliphatic carbocycles. The molecule has 3 heterocycles. The molecule has 1 aromatic carbocycles. The van der Waals surface area contributed by atoms with E-state index in [4.69, 9.17) is 9.15 Å². The minimum atomic E-state index is -0.305. The fourth-order valence-electron chi connectivity index (χ4n) is 3.94. The van der Waals surface area contributed by atoms with E-state index < -0.39 is 0 Å². The van der Waals surface area contributed by atoms with Crippen LogP contribution in [-0.4, -0.2) is 62.1 Å². The zero-order chi connectivity index (χ0) is 19.5. The lowest BCUT2D eigenvalue weighted by Gasteiger charge is -2.35. The van der Waals surface area contributed by atoms with Crippen molar-refractivity contribution in [3.05, 3.63) is 54.0 Å². The third-order valence-electron chi connectivity index (χ3n) is 5.50. The van der Waals surface area contributed by atoms with Gasteiger partial charge in [-0.1, -0.05) is 12.1 Å². The van der Waals surface area contributed by atoms with Gasteiger partial charge in [-0.05, 0) is 43.7 Å². The highest BCUT2D eigenvalue weighted by Crippen LogP contribution is 2.23. The monoisotopic (exact) mass is 383 g/mol. The van der Waals surface area contributed by atoms with Crippen LogP contribution < -0.4 is 10.2 Å². The Balaban J connectivity index is 1.41. The summed E-state index contributed by atoms with van der Waals surface area (Å²) in [5.41, 5.74) is 0.977. The summed E-state index contributed by atoms with van der Waals surface area (Å²) in [4.78, 5) is 29.3. The fraction of sp³-hybridized carbons (Fsp3) is 0.429. The molecule has 2 aliphatic heterocycles.